The van der Waals surface area contributed by atoms with Crippen LogP contribution in [0.4, 0.5) is 5.69 Å². The van der Waals surface area contributed by atoms with Crippen molar-refractivity contribution in [2.75, 3.05) is 4.90 Å². The minimum absolute atomic E-state index is 0.0263. The van der Waals surface area contributed by atoms with Crippen molar-refractivity contribution in [2.45, 2.75) is 45.8 Å². The maximum absolute atomic E-state index is 13.2. The molecule has 0 bridgehead atoms. The molecule has 0 saturated heterocycles. The summed E-state index contributed by atoms with van der Waals surface area (Å²) >= 11 is 1.40. The lowest BCUT2D eigenvalue weighted by atomic mass is 9.82. The van der Waals surface area contributed by atoms with Crippen molar-refractivity contribution in [2.24, 2.45) is 11.8 Å². The Labute approximate surface area is 157 Å². The second kappa shape index (κ2) is 6.88. The van der Waals surface area contributed by atoms with Gasteiger partial charge in [-0.3, -0.25) is 9.69 Å². The zero-order valence-corrected chi connectivity index (χ0v) is 15.9. The molecule has 2 aliphatic rings. The summed E-state index contributed by atoms with van der Waals surface area (Å²) in [5.74, 6) is 0.479. The smallest absolute Gasteiger partial charge is 0.352 e. The number of fused-ring (bicyclic) bond motifs is 1. The Morgan fingerprint density at radius 2 is 1.81 bits per heavy atom. The Morgan fingerprint density at radius 3 is 2.50 bits per heavy atom. The Bertz CT molecular complexity index is 821. The molecular formula is C21H23NO3S. The van der Waals surface area contributed by atoms with Crippen LogP contribution >= 0.6 is 11.3 Å². The van der Waals surface area contributed by atoms with E-state index in [0.717, 1.165) is 36.1 Å². The van der Waals surface area contributed by atoms with Gasteiger partial charge in [0.05, 0.1) is 5.69 Å². The fourth-order valence-electron chi connectivity index (χ4n) is 3.91. The van der Waals surface area contributed by atoms with Gasteiger partial charge in [0, 0.05) is 10.8 Å². The van der Waals surface area contributed by atoms with E-state index in [1.807, 2.05) is 36.4 Å². The maximum atomic E-state index is 13.2. The Morgan fingerprint density at radius 1 is 1.12 bits per heavy atom. The lowest BCUT2D eigenvalue weighted by Gasteiger charge is -2.36. The highest BCUT2D eigenvalue weighted by Crippen LogP contribution is 2.42. The SMILES string of the molecule is CC1CCC(C(=O)N2c3cc(-c4ccccc4)sc3C(=O)OC2C)CC1. The molecule has 0 N–H and O–H groups in total. The zero-order valence-electron chi connectivity index (χ0n) is 15.1. The van der Waals surface area contributed by atoms with Gasteiger partial charge >= 0.3 is 5.97 Å². The minimum Gasteiger partial charge on any atom is -0.437 e. The van der Waals surface area contributed by atoms with Crippen molar-refractivity contribution < 1.29 is 14.3 Å². The van der Waals surface area contributed by atoms with Crippen LogP contribution < -0.4 is 4.90 Å². The highest BCUT2D eigenvalue weighted by Gasteiger charge is 2.39. The number of amides is 1. The first-order valence-electron chi connectivity index (χ1n) is 9.28. The molecule has 1 aliphatic carbocycles. The minimum atomic E-state index is -0.555. The van der Waals surface area contributed by atoms with Gasteiger partial charge in [0.1, 0.15) is 4.88 Å². The highest BCUT2D eigenvalue weighted by atomic mass is 32.1. The third-order valence-corrected chi connectivity index (χ3v) is 6.61. The molecular weight excluding hydrogens is 346 g/mol. The van der Waals surface area contributed by atoms with E-state index >= 15 is 0 Å². The van der Waals surface area contributed by atoms with Crippen molar-refractivity contribution in [3.05, 3.63) is 41.3 Å². The van der Waals surface area contributed by atoms with E-state index in [1.165, 1.54) is 11.3 Å². The van der Waals surface area contributed by atoms with Gasteiger partial charge in [-0.15, -0.1) is 11.3 Å². The molecule has 26 heavy (non-hydrogen) atoms. The van der Waals surface area contributed by atoms with Crippen LogP contribution in [-0.4, -0.2) is 18.1 Å². The molecule has 2 aromatic rings. The van der Waals surface area contributed by atoms with Crippen LogP contribution in [0.3, 0.4) is 0 Å². The second-order valence-corrected chi connectivity index (χ2v) is 8.41. The van der Waals surface area contributed by atoms with Crippen LogP contribution in [-0.2, 0) is 9.53 Å². The third-order valence-electron chi connectivity index (χ3n) is 5.46. The van der Waals surface area contributed by atoms with E-state index in [4.69, 9.17) is 4.74 Å². The molecule has 1 fully saturated rings. The number of ether oxygens (including phenoxy) is 1. The molecule has 0 radical (unpaired) electrons. The largest absolute Gasteiger partial charge is 0.437 e. The Hall–Kier alpha value is -2.14. The Kier molecular flexibility index (Phi) is 4.57. The zero-order chi connectivity index (χ0) is 18.3. The molecule has 136 valence electrons. The average molecular weight is 369 g/mol. The molecule has 1 atom stereocenters. The van der Waals surface area contributed by atoms with Crippen LogP contribution in [0.2, 0.25) is 0 Å². The van der Waals surface area contributed by atoms with Crippen molar-refractivity contribution in [3.8, 4) is 10.4 Å². The normalized spacial score (nSPS) is 25.5. The molecule has 0 spiro atoms. The molecule has 2 heterocycles. The first-order chi connectivity index (χ1) is 12.5. The molecule has 1 aromatic heterocycles. The summed E-state index contributed by atoms with van der Waals surface area (Å²) < 4.78 is 5.48. The molecule has 4 rings (SSSR count). The lowest BCUT2D eigenvalue weighted by Crippen LogP contribution is -2.48. The molecule has 4 nitrogen and oxygen atoms in total. The number of nitrogens with zero attached hydrogens (tertiary/aromatic N) is 1. The molecule has 1 amide bonds. The molecule has 1 aromatic carbocycles. The standard InChI is InChI=1S/C21H23NO3S/c1-13-8-10-16(11-9-13)20(23)22-14(2)25-21(24)19-17(22)12-18(26-19)15-6-4-3-5-7-15/h3-7,12-14,16H,8-11H2,1-2H3. The van der Waals surface area contributed by atoms with Crippen LogP contribution in [0.5, 0.6) is 0 Å². The van der Waals surface area contributed by atoms with Gasteiger partial charge in [0.15, 0.2) is 6.23 Å². The number of carbonyl (C=O) groups is 2. The lowest BCUT2D eigenvalue weighted by molar-refractivity contribution is -0.125. The highest BCUT2D eigenvalue weighted by molar-refractivity contribution is 7.18. The van der Waals surface area contributed by atoms with Crippen LogP contribution in [0.25, 0.3) is 10.4 Å². The van der Waals surface area contributed by atoms with Gasteiger partial charge in [-0.2, -0.15) is 0 Å². The van der Waals surface area contributed by atoms with Crippen molar-refractivity contribution >= 4 is 28.9 Å². The number of esters is 1. The summed E-state index contributed by atoms with van der Waals surface area (Å²) in [5, 5.41) is 0. The number of hydrogen-bond acceptors (Lipinski definition) is 4. The molecule has 1 aliphatic heterocycles. The van der Waals surface area contributed by atoms with Gasteiger partial charge in [-0.05, 0) is 50.2 Å². The van der Waals surface area contributed by atoms with E-state index in [9.17, 15) is 9.59 Å². The predicted molar refractivity (Wildman–Crippen MR) is 103 cm³/mol. The predicted octanol–water partition coefficient (Wildman–Crippen LogP) is 5.09. The van der Waals surface area contributed by atoms with E-state index < -0.39 is 6.23 Å². The number of anilines is 1. The number of thiophene rings is 1. The molecule has 1 saturated carbocycles. The van der Waals surface area contributed by atoms with Gasteiger partial charge < -0.3 is 4.74 Å². The fourth-order valence-corrected chi connectivity index (χ4v) is 4.95. The molecule has 1 unspecified atom stereocenters. The van der Waals surface area contributed by atoms with Crippen LogP contribution in [0.1, 0.15) is 49.2 Å². The third kappa shape index (κ3) is 3.05. The monoisotopic (exact) mass is 369 g/mol. The first-order valence-corrected chi connectivity index (χ1v) is 10.1. The van der Waals surface area contributed by atoms with Crippen molar-refractivity contribution in [3.63, 3.8) is 0 Å². The number of benzene rings is 1. The van der Waals surface area contributed by atoms with Crippen molar-refractivity contribution in [1.82, 2.24) is 0 Å². The Balaban J connectivity index is 1.69. The molecule has 5 heteroatoms. The topological polar surface area (TPSA) is 46.6 Å². The summed E-state index contributed by atoms with van der Waals surface area (Å²) in [6.07, 6.45) is 3.46. The average Bonchev–Trinajstić information content (AvgIpc) is 3.08. The quantitative estimate of drug-likeness (QED) is 0.693. The van der Waals surface area contributed by atoms with Gasteiger partial charge in [-0.25, -0.2) is 4.79 Å². The van der Waals surface area contributed by atoms with Gasteiger partial charge in [-0.1, -0.05) is 37.3 Å². The summed E-state index contributed by atoms with van der Waals surface area (Å²) in [6, 6.07) is 11.9. The second-order valence-electron chi connectivity index (χ2n) is 7.36. The summed E-state index contributed by atoms with van der Waals surface area (Å²) in [5.41, 5.74) is 1.76. The summed E-state index contributed by atoms with van der Waals surface area (Å²) in [4.78, 5) is 28.8. The number of rotatable bonds is 2. The van der Waals surface area contributed by atoms with E-state index in [-0.39, 0.29) is 17.8 Å². The summed E-state index contributed by atoms with van der Waals surface area (Å²) in [6.45, 7) is 4.03. The fraction of sp³-hybridized carbons (Fsp3) is 0.429. The number of carbonyl (C=O) groups excluding carboxylic acids is 2. The maximum Gasteiger partial charge on any atom is 0.352 e. The van der Waals surface area contributed by atoms with E-state index in [0.29, 0.717) is 16.5 Å². The van der Waals surface area contributed by atoms with Gasteiger partial charge in [0.2, 0.25) is 5.91 Å². The number of hydrogen-bond donors (Lipinski definition) is 0. The van der Waals surface area contributed by atoms with Crippen LogP contribution in [0.15, 0.2) is 36.4 Å². The van der Waals surface area contributed by atoms with Crippen LogP contribution in [0, 0.1) is 11.8 Å². The number of cyclic esters (lactones) is 1. The van der Waals surface area contributed by atoms with Gasteiger partial charge in [0.25, 0.3) is 0 Å². The van der Waals surface area contributed by atoms with Crippen molar-refractivity contribution in [1.29, 1.82) is 0 Å². The van der Waals surface area contributed by atoms with E-state index in [1.54, 1.807) is 11.8 Å². The summed E-state index contributed by atoms with van der Waals surface area (Å²) in [7, 11) is 0. The van der Waals surface area contributed by atoms with E-state index in [2.05, 4.69) is 6.92 Å². The first kappa shape index (κ1) is 17.3.